The molecule has 0 saturated carbocycles. The highest BCUT2D eigenvalue weighted by Crippen LogP contribution is 2.20. The number of hydrogen-bond donors (Lipinski definition) is 1. The molecule has 0 atom stereocenters. The molecule has 0 radical (unpaired) electrons. The van der Waals surface area contributed by atoms with E-state index in [-0.39, 0.29) is 5.82 Å². The van der Waals surface area contributed by atoms with Crippen LogP contribution >= 0.6 is 11.8 Å². The summed E-state index contributed by atoms with van der Waals surface area (Å²) < 4.78 is 13.7. The lowest BCUT2D eigenvalue weighted by Gasteiger charge is -2.05. The van der Waals surface area contributed by atoms with E-state index >= 15 is 0 Å². The zero-order valence-corrected chi connectivity index (χ0v) is 10.9. The van der Waals surface area contributed by atoms with Gasteiger partial charge in [0.05, 0.1) is 0 Å². The number of hydrogen-bond acceptors (Lipinski definition) is 2. The van der Waals surface area contributed by atoms with Gasteiger partial charge in [-0.2, -0.15) is 11.8 Å². The lowest BCUT2D eigenvalue weighted by atomic mass is 10.1. The molecule has 3 heteroatoms. The quantitative estimate of drug-likeness (QED) is 0.887. The van der Waals surface area contributed by atoms with Crippen molar-refractivity contribution in [3.05, 3.63) is 71.0 Å². The highest BCUT2D eigenvalue weighted by atomic mass is 32.2. The van der Waals surface area contributed by atoms with Crippen molar-refractivity contribution in [3.8, 4) is 0 Å². The van der Waals surface area contributed by atoms with Crippen LogP contribution in [0.5, 0.6) is 0 Å². The Morgan fingerprint density at radius 1 is 0.944 bits per heavy atom. The topological polar surface area (TPSA) is 26.0 Å². The Kier molecular flexibility index (Phi) is 4.79. The van der Waals surface area contributed by atoms with Crippen LogP contribution in [0.3, 0.4) is 0 Å². The third-order valence-corrected chi connectivity index (χ3v) is 3.77. The fourth-order valence-electron chi connectivity index (χ4n) is 1.69. The average Bonchev–Trinajstić information content (AvgIpc) is 2.42. The van der Waals surface area contributed by atoms with E-state index in [0.717, 1.165) is 16.9 Å². The normalized spacial score (nSPS) is 10.6. The lowest BCUT2D eigenvalue weighted by Crippen LogP contribution is -1.98. The molecule has 0 aliphatic carbocycles. The molecular weight excluding hydrogens is 245 g/mol. The molecule has 2 aromatic rings. The minimum absolute atomic E-state index is 0.154. The van der Waals surface area contributed by atoms with Gasteiger partial charge in [0.25, 0.3) is 0 Å². The molecular formula is C15H16FNS. The van der Waals surface area contributed by atoms with Crippen LogP contribution in [-0.4, -0.2) is 0 Å². The summed E-state index contributed by atoms with van der Waals surface area (Å²) in [5.74, 6) is 1.43. The fraction of sp³-hybridized carbons (Fsp3) is 0.200. The predicted octanol–water partition coefficient (Wildman–Crippen LogP) is 3.72. The molecule has 0 saturated heterocycles. The van der Waals surface area contributed by atoms with E-state index in [1.807, 2.05) is 30.3 Å². The molecule has 18 heavy (non-hydrogen) atoms. The molecule has 2 N–H and O–H groups in total. The standard InChI is InChI=1S/C15H16FNS/c16-15-8-13(9-17)6-7-14(15)11-18-10-12-4-2-1-3-5-12/h1-8H,9-11,17H2. The van der Waals surface area contributed by atoms with Gasteiger partial charge in [-0.05, 0) is 22.8 Å². The molecule has 94 valence electrons. The smallest absolute Gasteiger partial charge is 0.127 e. The first-order chi connectivity index (χ1) is 8.79. The van der Waals surface area contributed by atoms with Gasteiger partial charge >= 0.3 is 0 Å². The Balaban J connectivity index is 1.91. The van der Waals surface area contributed by atoms with Crippen LogP contribution in [0.2, 0.25) is 0 Å². The van der Waals surface area contributed by atoms with Crippen LogP contribution in [0.25, 0.3) is 0 Å². The first-order valence-corrected chi connectivity index (χ1v) is 7.04. The van der Waals surface area contributed by atoms with E-state index in [9.17, 15) is 4.39 Å². The van der Waals surface area contributed by atoms with E-state index in [1.165, 1.54) is 11.6 Å². The molecule has 2 rings (SSSR count). The van der Waals surface area contributed by atoms with Gasteiger partial charge in [0.15, 0.2) is 0 Å². The van der Waals surface area contributed by atoms with Crippen molar-refractivity contribution in [2.45, 2.75) is 18.1 Å². The molecule has 0 unspecified atom stereocenters. The van der Waals surface area contributed by atoms with Crippen LogP contribution in [0.1, 0.15) is 16.7 Å². The van der Waals surface area contributed by atoms with Gasteiger partial charge in [0.1, 0.15) is 5.82 Å². The van der Waals surface area contributed by atoms with Gasteiger partial charge in [-0.1, -0.05) is 42.5 Å². The summed E-state index contributed by atoms with van der Waals surface area (Å²) in [7, 11) is 0. The van der Waals surface area contributed by atoms with Crippen molar-refractivity contribution in [1.82, 2.24) is 0 Å². The summed E-state index contributed by atoms with van der Waals surface area (Å²) in [6.45, 7) is 0.383. The van der Waals surface area contributed by atoms with Crippen molar-refractivity contribution in [2.24, 2.45) is 5.73 Å². The van der Waals surface area contributed by atoms with Crippen LogP contribution in [-0.2, 0) is 18.1 Å². The molecule has 0 aliphatic heterocycles. The van der Waals surface area contributed by atoms with Gasteiger partial charge in [0.2, 0.25) is 0 Å². The Bertz CT molecular complexity index is 499. The highest BCUT2D eigenvalue weighted by molar-refractivity contribution is 7.97. The number of nitrogens with two attached hydrogens (primary N) is 1. The lowest BCUT2D eigenvalue weighted by molar-refractivity contribution is 0.615. The fourth-order valence-corrected chi connectivity index (χ4v) is 2.67. The number of thioether (sulfide) groups is 1. The Hall–Kier alpha value is -1.32. The first kappa shape index (κ1) is 13.1. The van der Waals surface area contributed by atoms with Gasteiger partial charge in [0, 0.05) is 18.1 Å². The molecule has 1 nitrogen and oxygen atoms in total. The molecule has 0 heterocycles. The van der Waals surface area contributed by atoms with E-state index in [2.05, 4.69) is 12.1 Å². The number of rotatable bonds is 5. The average molecular weight is 261 g/mol. The predicted molar refractivity (Wildman–Crippen MR) is 75.7 cm³/mol. The Morgan fingerprint density at radius 3 is 2.39 bits per heavy atom. The zero-order valence-electron chi connectivity index (χ0n) is 10.1. The maximum atomic E-state index is 13.7. The molecule has 0 aromatic heterocycles. The maximum Gasteiger partial charge on any atom is 0.127 e. The second-order valence-corrected chi connectivity index (χ2v) is 5.09. The third kappa shape index (κ3) is 3.59. The molecule has 0 spiro atoms. The van der Waals surface area contributed by atoms with Crippen molar-refractivity contribution >= 4 is 11.8 Å². The third-order valence-electron chi connectivity index (χ3n) is 2.72. The summed E-state index contributed by atoms with van der Waals surface area (Å²) >= 11 is 1.72. The molecule has 0 aliphatic rings. The molecule has 0 bridgehead atoms. The summed E-state index contributed by atoms with van der Waals surface area (Å²) in [6, 6.07) is 15.5. The number of halogens is 1. The number of benzene rings is 2. The van der Waals surface area contributed by atoms with Crippen molar-refractivity contribution in [2.75, 3.05) is 0 Å². The second-order valence-electron chi connectivity index (χ2n) is 4.11. The van der Waals surface area contributed by atoms with Crippen molar-refractivity contribution < 1.29 is 4.39 Å². The van der Waals surface area contributed by atoms with Crippen LogP contribution < -0.4 is 5.73 Å². The minimum atomic E-state index is -0.154. The largest absolute Gasteiger partial charge is 0.326 e. The SMILES string of the molecule is NCc1ccc(CSCc2ccccc2)c(F)c1. The van der Waals surface area contributed by atoms with Gasteiger partial charge in [-0.25, -0.2) is 4.39 Å². The van der Waals surface area contributed by atoms with E-state index in [1.54, 1.807) is 11.8 Å². The van der Waals surface area contributed by atoms with Gasteiger partial charge < -0.3 is 5.73 Å². The van der Waals surface area contributed by atoms with Crippen molar-refractivity contribution in [3.63, 3.8) is 0 Å². The zero-order chi connectivity index (χ0) is 12.8. The summed E-state index contributed by atoms with van der Waals surface area (Å²) in [6.07, 6.45) is 0. The van der Waals surface area contributed by atoms with Gasteiger partial charge in [-0.15, -0.1) is 0 Å². The summed E-state index contributed by atoms with van der Waals surface area (Å²) in [4.78, 5) is 0. The Labute approximate surface area is 111 Å². The minimum Gasteiger partial charge on any atom is -0.326 e. The Morgan fingerprint density at radius 2 is 1.72 bits per heavy atom. The van der Waals surface area contributed by atoms with Crippen LogP contribution in [0, 0.1) is 5.82 Å². The van der Waals surface area contributed by atoms with E-state index in [0.29, 0.717) is 12.3 Å². The van der Waals surface area contributed by atoms with Gasteiger partial charge in [-0.3, -0.25) is 0 Å². The van der Waals surface area contributed by atoms with E-state index in [4.69, 9.17) is 5.73 Å². The van der Waals surface area contributed by atoms with E-state index < -0.39 is 0 Å². The maximum absolute atomic E-state index is 13.7. The monoisotopic (exact) mass is 261 g/mol. The first-order valence-electron chi connectivity index (χ1n) is 5.88. The summed E-state index contributed by atoms with van der Waals surface area (Å²) in [5.41, 5.74) is 8.32. The van der Waals surface area contributed by atoms with Crippen molar-refractivity contribution in [1.29, 1.82) is 0 Å². The van der Waals surface area contributed by atoms with Crippen LogP contribution in [0.15, 0.2) is 48.5 Å². The second kappa shape index (κ2) is 6.57. The highest BCUT2D eigenvalue weighted by Gasteiger charge is 2.03. The van der Waals surface area contributed by atoms with Crippen LogP contribution in [0.4, 0.5) is 4.39 Å². The summed E-state index contributed by atoms with van der Waals surface area (Å²) in [5, 5.41) is 0. The molecule has 0 fully saturated rings. The molecule has 0 amide bonds. The molecule has 2 aromatic carbocycles.